The SMILES string of the molecule is CC1=C(C(=O)OC[C@@H]2CCCO2)[C@@H](c2ccc(N(C)C)cc2)NC(=O)N1. The summed E-state index contributed by atoms with van der Waals surface area (Å²) in [7, 11) is 3.92. The molecule has 7 nitrogen and oxygen atoms in total. The number of esters is 1. The summed E-state index contributed by atoms with van der Waals surface area (Å²) in [6, 6.07) is 6.85. The first kappa shape index (κ1) is 18.3. The van der Waals surface area contributed by atoms with Crippen LogP contribution in [-0.2, 0) is 14.3 Å². The number of carbonyl (C=O) groups excluding carboxylic acids is 2. The molecule has 1 aromatic rings. The number of ether oxygens (including phenoxy) is 2. The molecule has 0 aromatic heterocycles. The number of hydrogen-bond acceptors (Lipinski definition) is 5. The Morgan fingerprint density at radius 2 is 2.04 bits per heavy atom. The minimum absolute atomic E-state index is 0.0381. The Kier molecular flexibility index (Phi) is 5.46. The molecule has 0 bridgehead atoms. The Bertz CT molecular complexity index is 706. The molecule has 0 unspecified atom stereocenters. The van der Waals surface area contributed by atoms with Crippen LogP contribution < -0.4 is 15.5 Å². The molecule has 3 rings (SSSR count). The summed E-state index contributed by atoms with van der Waals surface area (Å²) in [5, 5.41) is 5.47. The second-order valence-electron chi connectivity index (χ2n) is 6.79. The van der Waals surface area contributed by atoms with Crippen molar-refractivity contribution in [2.75, 3.05) is 32.2 Å². The number of hydrogen-bond donors (Lipinski definition) is 2. The summed E-state index contributed by atoms with van der Waals surface area (Å²) in [6.07, 6.45) is 1.85. The van der Waals surface area contributed by atoms with Crippen molar-refractivity contribution in [1.29, 1.82) is 0 Å². The van der Waals surface area contributed by atoms with Crippen LogP contribution in [0.2, 0.25) is 0 Å². The van der Waals surface area contributed by atoms with Crippen LogP contribution in [0.1, 0.15) is 31.4 Å². The van der Waals surface area contributed by atoms with Gasteiger partial charge >= 0.3 is 12.0 Å². The number of nitrogens with zero attached hydrogens (tertiary/aromatic N) is 1. The van der Waals surface area contributed by atoms with Crippen LogP contribution in [0.4, 0.5) is 10.5 Å². The van der Waals surface area contributed by atoms with Crippen molar-refractivity contribution < 1.29 is 19.1 Å². The van der Waals surface area contributed by atoms with Crippen LogP contribution >= 0.6 is 0 Å². The molecule has 7 heteroatoms. The molecule has 2 aliphatic heterocycles. The summed E-state index contributed by atoms with van der Waals surface area (Å²) >= 11 is 0. The standard InChI is InChI=1S/C19H25N3O4/c1-12-16(18(23)26-11-15-5-4-10-25-15)17(21-19(24)20-12)13-6-8-14(9-7-13)22(2)3/h6-9,15,17H,4-5,10-11H2,1-3H3,(H2,20,21,24)/t15-,17+/m0/s1. The van der Waals surface area contributed by atoms with Gasteiger partial charge in [0.25, 0.3) is 0 Å². The second kappa shape index (κ2) is 7.78. The number of anilines is 1. The highest BCUT2D eigenvalue weighted by molar-refractivity contribution is 5.95. The third kappa shape index (κ3) is 3.99. The van der Waals surface area contributed by atoms with E-state index in [1.165, 1.54) is 0 Å². The molecular formula is C19H25N3O4. The zero-order chi connectivity index (χ0) is 18.7. The van der Waals surface area contributed by atoms with Crippen LogP contribution in [0.3, 0.4) is 0 Å². The zero-order valence-electron chi connectivity index (χ0n) is 15.4. The Labute approximate surface area is 153 Å². The molecule has 0 radical (unpaired) electrons. The Morgan fingerprint density at radius 1 is 1.31 bits per heavy atom. The largest absolute Gasteiger partial charge is 0.459 e. The molecule has 2 amide bonds. The van der Waals surface area contributed by atoms with Gasteiger partial charge in [-0.05, 0) is 37.5 Å². The van der Waals surface area contributed by atoms with E-state index in [2.05, 4.69) is 10.6 Å². The lowest BCUT2D eigenvalue weighted by atomic mass is 9.95. The monoisotopic (exact) mass is 359 g/mol. The highest BCUT2D eigenvalue weighted by atomic mass is 16.6. The van der Waals surface area contributed by atoms with Gasteiger partial charge in [0.15, 0.2) is 0 Å². The quantitative estimate of drug-likeness (QED) is 0.787. The van der Waals surface area contributed by atoms with Crippen molar-refractivity contribution in [3.05, 3.63) is 41.1 Å². The number of amides is 2. The lowest BCUT2D eigenvalue weighted by Crippen LogP contribution is -2.45. The first-order valence-corrected chi connectivity index (χ1v) is 8.80. The maximum absolute atomic E-state index is 12.7. The lowest BCUT2D eigenvalue weighted by Gasteiger charge is -2.28. The van der Waals surface area contributed by atoms with Gasteiger partial charge in [0.05, 0.1) is 17.7 Å². The minimum atomic E-state index is -0.544. The summed E-state index contributed by atoms with van der Waals surface area (Å²) < 4.78 is 11.0. The molecule has 2 aliphatic rings. The fourth-order valence-electron chi connectivity index (χ4n) is 3.20. The van der Waals surface area contributed by atoms with E-state index >= 15 is 0 Å². The second-order valence-corrected chi connectivity index (χ2v) is 6.79. The maximum Gasteiger partial charge on any atom is 0.338 e. The molecule has 0 aliphatic carbocycles. The molecule has 2 heterocycles. The predicted molar refractivity (Wildman–Crippen MR) is 97.8 cm³/mol. The fraction of sp³-hybridized carbons (Fsp3) is 0.474. The van der Waals surface area contributed by atoms with Crippen molar-refractivity contribution in [1.82, 2.24) is 10.6 Å². The first-order valence-electron chi connectivity index (χ1n) is 8.80. The average molecular weight is 359 g/mol. The Hall–Kier alpha value is -2.54. The lowest BCUT2D eigenvalue weighted by molar-refractivity contribution is -0.142. The number of allylic oxidation sites excluding steroid dienone is 1. The highest BCUT2D eigenvalue weighted by Gasteiger charge is 2.32. The summed E-state index contributed by atoms with van der Waals surface area (Å²) in [5.41, 5.74) is 2.79. The summed E-state index contributed by atoms with van der Waals surface area (Å²) in [5.74, 6) is -0.438. The van der Waals surface area contributed by atoms with E-state index in [0.29, 0.717) is 17.9 Å². The van der Waals surface area contributed by atoms with Crippen molar-refractivity contribution in [2.45, 2.75) is 31.9 Å². The van der Waals surface area contributed by atoms with E-state index in [-0.39, 0.29) is 18.7 Å². The van der Waals surface area contributed by atoms with Crippen LogP contribution in [-0.4, -0.2) is 45.4 Å². The zero-order valence-corrected chi connectivity index (χ0v) is 15.4. The van der Waals surface area contributed by atoms with Gasteiger partial charge in [0, 0.05) is 32.1 Å². The molecule has 1 aromatic carbocycles. The van der Waals surface area contributed by atoms with E-state index in [1.54, 1.807) is 6.92 Å². The van der Waals surface area contributed by atoms with E-state index in [4.69, 9.17) is 9.47 Å². The molecule has 2 N–H and O–H groups in total. The molecule has 1 fully saturated rings. The van der Waals surface area contributed by atoms with Crippen molar-refractivity contribution in [2.24, 2.45) is 0 Å². The molecule has 1 saturated heterocycles. The number of rotatable bonds is 5. The molecule has 2 atom stereocenters. The van der Waals surface area contributed by atoms with Gasteiger partial charge in [0.2, 0.25) is 0 Å². The van der Waals surface area contributed by atoms with Crippen molar-refractivity contribution in [3.8, 4) is 0 Å². The topological polar surface area (TPSA) is 79.9 Å². The summed E-state index contributed by atoms with van der Waals surface area (Å²) in [6.45, 7) is 2.65. The number of carbonyl (C=O) groups is 2. The van der Waals surface area contributed by atoms with Crippen LogP contribution in [0.25, 0.3) is 0 Å². The van der Waals surface area contributed by atoms with Gasteiger partial charge in [-0.15, -0.1) is 0 Å². The third-order valence-electron chi connectivity index (χ3n) is 4.66. The van der Waals surface area contributed by atoms with Gasteiger partial charge in [-0.1, -0.05) is 12.1 Å². The number of nitrogens with one attached hydrogen (secondary N) is 2. The third-order valence-corrected chi connectivity index (χ3v) is 4.66. The Morgan fingerprint density at radius 3 is 2.65 bits per heavy atom. The molecular weight excluding hydrogens is 334 g/mol. The number of urea groups is 1. The maximum atomic E-state index is 12.7. The van der Waals surface area contributed by atoms with Gasteiger partial charge in [0.1, 0.15) is 6.61 Å². The van der Waals surface area contributed by atoms with Gasteiger partial charge in [-0.25, -0.2) is 9.59 Å². The van der Waals surface area contributed by atoms with Gasteiger partial charge in [-0.2, -0.15) is 0 Å². The van der Waals surface area contributed by atoms with Crippen LogP contribution in [0.15, 0.2) is 35.5 Å². The van der Waals surface area contributed by atoms with Crippen LogP contribution in [0.5, 0.6) is 0 Å². The molecule has 0 spiro atoms. The number of benzene rings is 1. The smallest absolute Gasteiger partial charge is 0.338 e. The van der Waals surface area contributed by atoms with Gasteiger partial charge < -0.3 is 25.0 Å². The molecule has 0 saturated carbocycles. The molecule has 26 heavy (non-hydrogen) atoms. The Balaban J connectivity index is 1.80. The first-order chi connectivity index (χ1) is 12.5. The van der Waals surface area contributed by atoms with E-state index < -0.39 is 12.0 Å². The average Bonchev–Trinajstić information content (AvgIpc) is 3.12. The fourth-order valence-corrected chi connectivity index (χ4v) is 3.20. The normalized spacial score (nSPS) is 22.7. The van der Waals surface area contributed by atoms with Crippen molar-refractivity contribution >= 4 is 17.7 Å². The van der Waals surface area contributed by atoms with Gasteiger partial charge in [-0.3, -0.25) is 0 Å². The highest BCUT2D eigenvalue weighted by Crippen LogP contribution is 2.29. The predicted octanol–water partition coefficient (Wildman–Crippen LogP) is 2.10. The van der Waals surface area contributed by atoms with E-state index in [1.807, 2.05) is 43.3 Å². The van der Waals surface area contributed by atoms with E-state index in [0.717, 1.165) is 24.1 Å². The molecule has 140 valence electrons. The minimum Gasteiger partial charge on any atom is -0.459 e. The summed E-state index contributed by atoms with van der Waals surface area (Å²) in [4.78, 5) is 26.6. The van der Waals surface area contributed by atoms with E-state index in [9.17, 15) is 9.59 Å². The van der Waals surface area contributed by atoms with Crippen molar-refractivity contribution in [3.63, 3.8) is 0 Å². The van der Waals surface area contributed by atoms with Crippen LogP contribution in [0, 0.1) is 0 Å².